The van der Waals surface area contributed by atoms with Crippen LogP contribution >= 0.6 is 0 Å². The third-order valence-corrected chi connectivity index (χ3v) is 7.53. The molecule has 0 amide bonds. The third-order valence-electron chi connectivity index (χ3n) is 7.53. The van der Waals surface area contributed by atoms with Crippen molar-refractivity contribution < 1.29 is 18.3 Å². The molecule has 0 spiro atoms. The zero-order chi connectivity index (χ0) is 25.3. The number of rotatable bonds is 7. The summed E-state index contributed by atoms with van der Waals surface area (Å²) in [5.41, 5.74) is 2.32. The van der Waals surface area contributed by atoms with Gasteiger partial charge in [-0.15, -0.1) is 10.2 Å². The highest BCUT2D eigenvalue weighted by molar-refractivity contribution is 5.73. The Morgan fingerprint density at radius 2 is 1.94 bits per heavy atom. The Morgan fingerprint density at radius 1 is 1.17 bits per heavy atom. The minimum atomic E-state index is -3.08. The molecule has 0 radical (unpaired) electrons. The topological polar surface area (TPSA) is 81.2 Å². The van der Waals surface area contributed by atoms with E-state index in [-0.39, 0.29) is 23.2 Å². The first-order valence-corrected chi connectivity index (χ1v) is 11.7. The Hall–Kier alpha value is -3.14. The van der Waals surface area contributed by atoms with Gasteiger partial charge in [-0.25, -0.2) is 13.2 Å². The number of halogens is 3. The summed E-state index contributed by atoms with van der Waals surface area (Å²) in [6.45, 7) is 6.56. The van der Waals surface area contributed by atoms with Crippen molar-refractivity contribution in [1.82, 2.24) is 25.3 Å². The summed E-state index contributed by atoms with van der Waals surface area (Å²) in [5, 5.41) is 25.8. The maximum Gasteiger partial charge on any atom is 0.271 e. The van der Waals surface area contributed by atoms with Gasteiger partial charge in [0.05, 0.1) is 18.4 Å². The van der Waals surface area contributed by atoms with Crippen LogP contribution in [0, 0.1) is 5.92 Å². The first-order valence-electron chi connectivity index (χ1n) is 11.7. The fourth-order valence-corrected chi connectivity index (χ4v) is 4.73. The smallest absolute Gasteiger partial charge is 0.271 e. The highest BCUT2D eigenvalue weighted by Gasteiger charge is 2.43. The largest absolute Gasteiger partial charge is 0.507 e. The summed E-state index contributed by atoms with van der Waals surface area (Å²) in [7, 11) is 2.03. The molecule has 2 aromatic heterocycles. The second kappa shape index (κ2) is 9.85. The van der Waals surface area contributed by atoms with E-state index in [4.69, 9.17) is 0 Å². The van der Waals surface area contributed by atoms with Gasteiger partial charge in [-0.3, -0.25) is 5.10 Å². The molecule has 188 valence electrons. The second-order valence-electron chi connectivity index (χ2n) is 9.72. The molecule has 1 saturated heterocycles. The zero-order valence-corrected chi connectivity index (χ0v) is 20.3. The van der Waals surface area contributed by atoms with E-state index < -0.39 is 19.1 Å². The summed E-state index contributed by atoms with van der Waals surface area (Å²) in [4.78, 5) is 3.87. The Morgan fingerprint density at radius 3 is 2.54 bits per heavy atom. The van der Waals surface area contributed by atoms with Crippen LogP contribution in [0.5, 0.6) is 5.75 Å². The number of nitrogens with one attached hydrogen (secondary N) is 1. The van der Waals surface area contributed by atoms with Crippen LogP contribution in [0.4, 0.5) is 19.0 Å². The van der Waals surface area contributed by atoms with Gasteiger partial charge in [-0.05, 0) is 63.1 Å². The number of anilines is 1. The molecule has 3 unspecified atom stereocenters. The average Bonchev–Trinajstić information content (AvgIpc) is 3.37. The molecule has 3 aromatic rings. The molecule has 0 saturated carbocycles. The van der Waals surface area contributed by atoms with Crippen molar-refractivity contribution in [3.63, 3.8) is 0 Å². The van der Waals surface area contributed by atoms with E-state index in [0.29, 0.717) is 23.5 Å². The monoisotopic (exact) mass is 488 g/mol. The van der Waals surface area contributed by atoms with Crippen LogP contribution in [0.15, 0.2) is 42.7 Å². The zero-order valence-electron chi connectivity index (χ0n) is 20.3. The average molecular weight is 489 g/mol. The number of aromatic hydroxyl groups is 1. The molecule has 3 atom stereocenters. The number of phenolic OH excluding ortho intramolecular Hbond substituents is 1. The molecule has 1 aromatic carbocycles. The number of benzene rings is 1. The highest BCUT2D eigenvalue weighted by atomic mass is 19.3. The van der Waals surface area contributed by atoms with Gasteiger partial charge >= 0.3 is 0 Å². The number of alkyl halides is 3. The highest BCUT2D eigenvalue weighted by Crippen LogP contribution is 2.37. The van der Waals surface area contributed by atoms with Crippen molar-refractivity contribution in [2.45, 2.75) is 51.4 Å². The maximum absolute atomic E-state index is 14.3. The van der Waals surface area contributed by atoms with E-state index in [0.717, 1.165) is 17.7 Å². The molecule has 0 aliphatic carbocycles. The lowest BCUT2D eigenvalue weighted by Gasteiger charge is -2.52. The van der Waals surface area contributed by atoms with E-state index in [2.05, 4.69) is 46.1 Å². The van der Waals surface area contributed by atoms with Crippen molar-refractivity contribution in [3.8, 4) is 28.1 Å². The van der Waals surface area contributed by atoms with E-state index in [1.807, 2.05) is 13.1 Å². The van der Waals surface area contributed by atoms with E-state index in [9.17, 15) is 18.3 Å². The van der Waals surface area contributed by atoms with Crippen LogP contribution < -0.4 is 4.90 Å². The van der Waals surface area contributed by atoms with Crippen molar-refractivity contribution in [2.24, 2.45) is 5.92 Å². The summed E-state index contributed by atoms with van der Waals surface area (Å²) < 4.78 is 40.6. The number of phenols is 1. The normalized spacial score (nSPS) is 21.3. The number of hydrogen-bond donors (Lipinski definition) is 2. The fourth-order valence-electron chi connectivity index (χ4n) is 4.73. The predicted molar refractivity (Wildman–Crippen MR) is 129 cm³/mol. The maximum atomic E-state index is 14.3. The van der Waals surface area contributed by atoms with Crippen molar-refractivity contribution in [2.75, 3.05) is 25.0 Å². The van der Waals surface area contributed by atoms with Crippen molar-refractivity contribution >= 4 is 5.82 Å². The number of aromatic nitrogens is 4. The number of piperidine rings is 1. The van der Waals surface area contributed by atoms with Gasteiger partial charge in [0.25, 0.3) is 6.43 Å². The number of nitrogens with zero attached hydrogens (tertiary/aromatic N) is 5. The quantitative estimate of drug-likeness (QED) is 0.499. The van der Waals surface area contributed by atoms with Crippen LogP contribution in [0.2, 0.25) is 0 Å². The number of likely N-dealkylation sites (tertiary alicyclic amines) is 1. The van der Waals surface area contributed by atoms with Gasteiger partial charge in [-0.2, -0.15) is 5.10 Å². The molecule has 1 fully saturated rings. The van der Waals surface area contributed by atoms with Gasteiger partial charge in [-0.1, -0.05) is 13.0 Å². The van der Waals surface area contributed by atoms with Gasteiger partial charge in [0, 0.05) is 35.4 Å². The molecule has 3 heterocycles. The molecule has 1 aliphatic rings. The van der Waals surface area contributed by atoms with Gasteiger partial charge < -0.3 is 14.9 Å². The lowest BCUT2D eigenvalue weighted by Crippen LogP contribution is -2.61. The molecule has 7 nitrogen and oxygen atoms in total. The van der Waals surface area contributed by atoms with Gasteiger partial charge in [0.1, 0.15) is 5.75 Å². The lowest BCUT2D eigenvalue weighted by molar-refractivity contribution is 0.0267. The number of aromatic amines is 1. The molecule has 35 heavy (non-hydrogen) atoms. The molecule has 4 rings (SSSR count). The minimum absolute atomic E-state index is 0.0230. The van der Waals surface area contributed by atoms with Crippen LogP contribution in [0.3, 0.4) is 0 Å². The molecule has 0 bridgehead atoms. The molecule has 10 heteroatoms. The van der Waals surface area contributed by atoms with Crippen LogP contribution in [0.25, 0.3) is 22.4 Å². The van der Waals surface area contributed by atoms with Crippen molar-refractivity contribution in [1.29, 1.82) is 0 Å². The van der Waals surface area contributed by atoms with Crippen LogP contribution in [0.1, 0.15) is 27.2 Å². The van der Waals surface area contributed by atoms with E-state index >= 15 is 0 Å². The van der Waals surface area contributed by atoms with Crippen molar-refractivity contribution in [3.05, 3.63) is 42.7 Å². The Labute approximate surface area is 203 Å². The standard InChI is InChI=1S/C25H31F3N6O/c1-15-21(9-10-33(4)25(15,2)3)34(14-19(26)24(27)28)23-8-7-20(31-32-23)18-6-5-16(11-22(18)35)17-12-29-30-13-17/h5-8,11-13,15,19,21,24,35H,9-10,14H2,1-4H3,(H,29,30). The predicted octanol–water partition coefficient (Wildman–Crippen LogP) is 4.77. The van der Waals surface area contributed by atoms with E-state index in [1.165, 1.54) is 0 Å². The molecular formula is C25H31F3N6O. The fraction of sp³-hybridized carbons (Fsp3) is 0.480. The van der Waals surface area contributed by atoms with Gasteiger partial charge in [0.15, 0.2) is 12.0 Å². The molecule has 2 N–H and O–H groups in total. The third kappa shape index (κ3) is 4.98. The van der Waals surface area contributed by atoms with Gasteiger partial charge in [0.2, 0.25) is 0 Å². The molecular weight excluding hydrogens is 457 g/mol. The first kappa shape index (κ1) is 25.0. The summed E-state index contributed by atoms with van der Waals surface area (Å²) in [6.07, 6.45) is -1.31. The summed E-state index contributed by atoms with van der Waals surface area (Å²) in [6, 6.07) is 8.32. The Kier molecular flexibility index (Phi) is 7.02. The number of H-pyrrole nitrogens is 1. The lowest BCUT2D eigenvalue weighted by atomic mass is 9.76. The Balaban J connectivity index is 1.63. The SMILES string of the molecule is CC1C(N(CC(F)C(F)F)c2ccc(-c3ccc(-c4cn[nH]c4)cc3O)nn2)CCN(C)C1(C)C. The second-order valence-corrected chi connectivity index (χ2v) is 9.72. The molecule has 1 aliphatic heterocycles. The summed E-state index contributed by atoms with van der Waals surface area (Å²) in [5.74, 6) is 0.422. The first-order chi connectivity index (χ1) is 16.6. The minimum Gasteiger partial charge on any atom is -0.507 e. The Bertz CT molecular complexity index is 1120. The summed E-state index contributed by atoms with van der Waals surface area (Å²) >= 11 is 0. The van der Waals surface area contributed by atoms with Crippen LogP contribution in [-0.4, -0.2) is 74.7 Å². The van der Waals surface area contributed by atoms with E-state index in [1.54, 1.807) is 41.6 Å². The van der Waals surface area contributed by atoms with Crippen LogP contribution in [-0.2, 0) is 0 Å². The number of hydrogen-bond acceptors (Lipinski definition) is 6.